The molecule has 0 fully saturated rings. The molecule has 8 aromatic rings. The van der Waals surface area contributed by atoms with Gasteiger partial charge in [0.1, 0.15) is 23.0 Å². The first-order valence-electron chi connectivity index (χ1n) is 20.1. The summed E-state index contributed by atoms with van der Waals surface area (Å²) in [4.78, 5) is 2.46. The van der Waals surface area contributed by atoms with Gasteiger partial charge in [-0.15, -0.1) is 22.7 Å². The van der Waals surface area contributed by atoms with Gasteiger partial charge >= 0.3 is 0 Å². The summed E-state index contributed by atoms with van der Waals surface area (Å²) in [5.74, 6) is 3.64. The van der Waals surface area contributed by atoms with Gasteiger partial charge in [0.25, 0.3) is 6.71 Å². The Morgan fingerprint density at radius 3 is 1.67 bits per heavy atom. The van der Waals surface area contributed by atoms with Gasteiger partial charge in [-0.25, -0.2) is 0 Å². The molecule has 284 valence electrons. The zero-order chi connectivity index (χ0) is 39.8. The molecule has 0 amide bonds. The van der Waals surface area contributed by atoms with E-state index in [1.165, 1.54) is 57.2 Å². The SMILES string of the molecule is Cc1cc2c3c(c1)Oc1c(sc4ccc(C(C)(C)C)cc14)B3c1cc3sc4ccccc4c3c(N(c3ccc(C(C)(C)C)cc3)c3ccc(C(C)(C)C)cc3)c1O2. The van der Waals surface area contributed by atoms with Crippen molar-refractivity contribution >= 4 is 92.4 Å². The van der Waals surface area contributed by atoms with Crippen LogP contribution in [0.15, 0.2) is 109 Å². The van der Waals surface area contributed by atoms with Gasteiger partial charge in [-0.05, 0) is 112 Å². The van der Waals surface area contributed by atoms with Crippen LogP contribution in [0, 0.1) is 6.92 Å². The highest BCUT2D eigenvalue weighted by Gasteiger charge is 2.45. The molecule has 3 nitrogen and oxygen atoms in total. The summed E-state index contributed by atoms with van der Waals surface area (Å²) in [6.07, 6.45) is 0. The second-order valence-corrected chi connectivity index (χ2v) is 21.3. The van der Waals surface area contributed by atoms with Crippen molar-refractivity contribution in [1.29, 1.82) is 0 Å². The van der Waals surface area contributed by atoms with E-state index in [-0.39, 0.29) is 23.0 Å². The molecule has 0 N–H and O–H groups in total. The van der Waals surface area contributed by atoms with E-state index in [2.05, 4.69) is 183 Å². The van der Waals surface area contributed by atoms with Crippen molar-refractivity contribution in [3.63, 3.8) is 0 Å². The lowest BCUT2D eigenvalue weighted by molar-refractivity contribution is 0.468. The Morgan fingerprint density at radius 1 is 0.526 bits per heavy atom. The van der Waals surface area contributed by atoms with E-state index in [1.54, 1.807) is 0 Å². The van der Waals surface area contributed by atoms with Gasteiger partial charge in [-0.2, -0.15) is 0 Å². The third kappa shape index (κ3) is 5.81. The number of fused-ring (bicyclic) bond motifs is 9. The van der Waals surface area contributed by atoms with Crippen LogP contribution in [0.1, 0.15) is 84.6 Å². The molecule has 0 aliphatic carbocycles. The molecule has 0 unspecified atom stereocenters. The molecule has 2 aliphatic heterocycles. The zero-order valence-electron chi connectivity index (χ0n) is 34.5. The Balaban J connectivity index is 1.31. The predicted octanol–water partition coefficient (Wildman–Crippen LogP) is 13.7. The number of aryl methyl sites for hydroxylation is 1. The standard InChI is InChI=1S/C51H48BNO2S2/c1-29-25-38-44-39(26-29)55-47-37(52(44)48-46(54-38)36-27-32(51(8,9)10)19-24-41(36)57-48)28-42-43(35-13-11-12-14-40(35)56-42)45(47)53(33-20-15-30(16-21-33)49(2,3)4)34-22-17-31(18-23-34)50(5,6)7/h11-28H,1-10H3. The number of thiophene rings is 2. The molecule has 6 heteroatoms. The number of ether oxygens (including phenoxy) is 2. The normalized spacial score (nSPS) is 13.7. The van der Waals surface area contributed by atoms with Crippen molar-refractivity contribution in [3.05, 3.63) is 131 Å². The van der Waals surface area contributed by atoms with Gasteiger partial charge in [0.15, 0.2) is 0 Å². The molecule has 0 spiro atoms. The highest BCUT2D eigenvalue weighted by molar-refractivity contribution is 7.33. The average Bonchev–Trinajstić information content (AvgIpc) is 3.71. The molecule has 0 bridgehead atoms. The third-order valence-corrected chi connectivity index (χ3v) is 14.2. The van der Waals surface area contributed by atoms with Gasteiger partial charge in [0.05, 0.1) is 5.69 Å². The Bertz CT molecular complexity index is 2860. The van der Waals surface area contributed by atoms with Crippen molar-refractivity contribution in [2.24, 2.45) is 0 Å². The minimum atomic E-state index is -0.0552. The van der Waals surface area contributed by atoms with Crippen LogP contribution in [0.4, 0.5) is 17.1 Å². The molecule has 4 heterocycles. The molecule has 0 saturated heterocycles. The maximum atomic E-state index is 7.38. The van der Waals surface area contributed by atoms with E-state index in [9.17, 15) is 0 Å². The number of anilines is 3. The highest BCUT2D eigenvalue weighted by Crippen LogP contribution is 2.52. The maximum Gasteiger partial charge on any atom is 0.273 e. The molecule has 0 saturated carbocycles. The molecule has 2 aromatic heterocycles. The Morgan fingerprint density at radius 2 is 1.07 bits per heavy atom. The fraction of sp³-hybridized carbons (Fsp3) is 0.255. The summed E-state index contributed by atoms with van der Waals surface area (Å²) in [7, 11) is 0. The lowest BCUT2D eigenvalue weighted by Crippen LogP contribution is -2.56. The van der Waals surface area contributed by atoms with Gasteiger partial charge in [-0.3, -0.25) is 0 Å². The number of hydrogen-bond donors (Lipinski definition) is 0. The van der Waals surface area contributed by atoms with Crippen LogP contribution in [-0.2, 0) is 16.2 Å². The minimum absolute atomic E-state index is 0.0198. The van der Waals surface area contributed by atoms with Crippen molar-refractivity contribution in [2.45, 2.75) is 85.5 Å². The van der Waals surface area contributed by atoms with Crippen LogP contribution in [0.2, 0.25) is 0 Å². The first-order valence-corrected chi connectivity index (χ1v) is 21.7. The summed E-state index contributed by atoms with van der Waals surface area (Å²) in [6.45, 7) is 22.6. The van der Waals surface area contributed by atoms with Crippen LogP contribution in [-0.4, -0.2) is 6.71 Å². The Labute approximate surface area is 345 Å². The van der Waals surface area contributed by atoms with E-state index in [0.29, 0.717) is 0 Å². The second-order valence-electron chi connectivity index (χ2n) is 19.1. The first-order chi connectivity index (χ1) is 27.0. The van der Waals surface area contributed by atoms with Crippen molar-refractivity contribution < 1.29 is 9.47 Å². The van der Waals surface area contributed by atoms with Crippen molar-refractivity contribution in [1.82, 2.24) is 0 Å². The van der Waals surface area contributed by atoms with Gasteiger partial charge in [0.2, 0.25) is 0 Å². The molecular formula is C51H48BNO2S2. The summed E-state index contributed by atoms with van der Waals surface area (Å²) >= 11 is 3.73. The summed E-state index contributed by atoms with van der Waals surface area (Å²) < 4.78 is 19.4. The van der Waals surface area contributed by atoms with Crippen LogP contribution >= 0.6 is 22.7 Å². The van der Waals surface area contributed by atoms with E-state index in [4.69, 9.17) is 9.47 Å². The van der Waals surface area contributed by atoms with Gasteiger partial charge in [-0.1, -0.05) is 111 Å². The number of rotatable bonds is 3. The number of nitrogens with zero attached hydrogens (tertiary/aromatic N) is 1. The lowest BCUT2D eigenvalue weighted by atomic mass is 9.37. The van der Waals surface area contributed by atoms with Crippen molar-refractivity contribution in [2.75, 3.05) is 4.90 Å². The monoisotopic (exact) mass is 781 g/mol. The van der Waals surface area contributed by atoms with Crippen LogP contribution in [0.3, 0.4) is 0 Å². The quantitative estimate of drug-likeness (QED) is 0.167. The van der Waals surface area contributed by atoms with Crippen molar-refractivity contribution in [3.8, 4) is 23.0 Å². The largest absolute Gasteiger partial charge is 0.457 e. The minimum Gasteiger partial charge on any atom is -0.457 e. The third-order valence-electron chi connectivity index (χ3n) is 11.9. The summed E-state index contributed by atoms with van der Waals surface area (Å²) in [6, 6.07) is 41.0. The smallest absolute Gasteiger partial charge is 0.273 e. The van der Waals surface area contributed by atoms with E-state index < -0.39 is 0 Å². The predicted molar refractivity (Wildman–Crippen MR) is 248 cm³/mol. The lowest BCUT2D eigenvalue weighted by Gasteiger charge is -2.36. The molecular weight excluding hydrogens is 734 g/mol. The molecule has 0 atom stereocenters. The van der Waals surface area contributed by atoms with E-state index in [0.717, 1.165) is 51.1 Å². The van der Waals surface area contributed by atoms with Crippen LogP contribution in [0.5, 0.6) is 23.0 Å². The Kier molecular flexibility index (Phi) is 7.95. The Hall–Kier alpha value is -5.04. The average molecular weight is 782 g/mol. The highest BCUT2D eigenvalue weighted by atomic mass is 32.1. The molecule has 6 aromatic carbocycles. The fourth-order valence-corrected chi connectivity index (χ4v) is 11.1. The molecule has 2 aliphatic rings. The maximum absolute atomic E-state index is 7.38. The molecule has 0 radical (unpaired) electrons. The number of hydrogen-bond acceptors (Lipinski definition) is 5. The van der Waals surface area contributed by atoms with Gasteiger partial charge in [0, 0.05) is 51.9 Å². The summed E-state index contributed by atoms with van der Waals surface area (Å²) in [5.41, 5.74) is 10.7. The second kappa shape index (κ2) is 12.5. The van der Waals surface area contributed by atoms with Crippen LogP contribution in [0.25, 0.3) is 30.3 Å². The van der Waals surface area contributed by atoms with Crippen LogP contribution < -0.4 is 30.1 Å². The van der Waals surface area contributed by atoms with E-state index >= 15 is 0 Å². The van der Waals surface area contributed by atoms with E-state index in [1.807, 2.05) is 22.7 Å². The first kappa shape index (κ1) is 36.3. The number of benzene rings is 6. The zero-order valence-corrected chi connectivity index (χ0v) is 36.2. The van der Waals surface area contributed by atoms with Gasteiger partial charge < -0.3 is 14.4 Å². The topological polar surface area (TPSA) is 21.7 Å². The molecule has 57 heavy (non-hydrogen) atoms. The fourth-order valence-electron chi connectivity index (χ4n) is 8.72. The summed E-state index contributed by atoms with van der Waals surface area (Å²) in [5, 5.41) is 3.64. The molecule has 10 rings (SSSR count).